The second-order valence-corrected chi connectivity index (χ2v) is 2.60. The summed E-state index contributed by atoms with van der Waals surface area (Å²) in [5.74, 6) is 5.02. The third-order valence-electron chi connectivity index (χ3n) is 1.47. The van der Waals surface area contributed by atoms with Crippen molar-refractivity contribution >= 4 is 0 Å². The third kappa shape index (κ3) is 6.94. The molecule has 0 rings (SSSR count). The maximum atomic E-state index is 5.23. The molecule has 0 spiro atoms. The van der Waals surface area contributed by atoms with E-state index in [1.807, 2.05) is 26.0 Å². The molecule has 13 heavy (non-hydrogen) atoms. The molecular formula is C12H14O. The second kappa shape index (κ2) is 7.22. The van der Waals surface area contributed by atoms with E-state index >= 15 is 0 Å². The molecule has 0 aliphatic heterocycles. The van der Waals surface area contributed by atoms with Crippen LogP contribution < -0.4 is 0 Å². The van der Waals surface area contributed by atoms with Gasteiger partial charge in [-0.15, -0.1) is 12.8 Å². The summed E-state index contributed by atoms with van der Waals surface area (Å²) < 4.78 is 5.23. The average Bonchev–Trinajstić information content (AvgIpc) is 2.16. The van der Waals surface area contributed by atoms with Crippen molar-refractivity contribution in [1.82, 2.24) is 0 Å². The first kappa shape index (κ1) is 11.6. The summed E-state index contributed by atoms with van der Waals surface area (Å²) in [6, 6.07) is 0. The van der Waals surface area contributed by atoms with Crippen molar-refractivity contribution < 1.29 is 4.74 Å². The summed E-state index contributed by atoms with van der Waals surface area (Å²) in [6.07, 6.45) is 14.0. The summed E-state index contributed by atoms with van der Waals surface area (Å²) in [6.45, 7) is 4.80. The molecule has 0 aromatic heterocycles. The maximum Gasteiger partial charge on any atom is 0.0663 e. The standard InChI is InChI=1S/C12H14O/c1-5-11(3)7-9-13-10-8-12(4)6-2/h1-2,7-8H,9-10H2,3-4H3. The van der Waals surface area contributed by atoms with Crippen LogP contribution in [0.3, 0.4) is 0 Å². The van der Waals surface area contributed by atoms with Gasteiger partial charge in [0.05, 0.1) is 13.2 Å². The van der Waals surface area contributed by atoms with Crippen molar-refractivity contribution in [2.45, 2.75) is 13.8 Å². The topological polar surface area (TPSA) is 9.23 Å². The highest BCUT2D eigenvalue weighted by molar-refractivity contribution is 5.23. The molecule has 0 atom stereocenters. The molecule has 0 radical (unpaired) electrons. The number of hydrogen-bond donors (Lipinski definition) is 0. The number of rotatable bonds is 4. The third-order valence-corrected chi connectivity index (χ3v) is 1.47. The number of ether oxygens (including phenoxy) is 1. The Kier molecular flexibility index (Phi) is 6.42. The van der Waals surface area contributed by atoms with E-state index in [0.717, 1.165) is 11.1 Å². The molecular weight excluding hydrogens is 160 g/mol. The molecule has 1 heteroatoms. The van der Waals surface area contributed by atoms with Gasteiger partial charge < -0.3 is 4.74 Å². The molecule has 0 aromatic rings. The molecule has 0 aliphatic rings. The van der Waals surface area contributed by atoms with E-state index in [4.69, 9.17) is 17.6 Å². The minimum Gasteiger partial charge on any atom is -0.373 e. The van der Waals surface area contributed by atoms with E-state index < -0.39 is 0 Å². The van der Waals surface area contributed by atoms with Crippen LogP contribution >= 0.6 is 0 Å². The summed E-state index contributed by atoms with van der Waals surface area (Å²) in [7, 11) is 0. The second-order valence-electron chi connectivity index (χ2n) is 2.60. The largest absolute Gasteiger partial charge is 0.373 e. The molecule has 0 fully saturated rings. The quantitative estimate of drug-likeness (QED) is 0.469. The lowest BCUT2D eigenvalue weighted by molar-refractivity contribution is 0.193. The highest BCUT2D eigenvalue weighted by Crippen LogP contribution is 1.91. The van der Waals surface area contributed by atoms with Crippen LogP contribution in [0.25, 0.3) is 0 Å². The molecule has 0 saturated heterocycles. The van der Waals surface area contributed by atoms with Gasteiger partial charge in [0.15, 0.2) is 0 Å². The fourth-order valence-electron chi connectivity index (χ4n) is 0.554. The molecule has 0 saturated carbocycles. The normalized spacial score (nSPS) is 12.0. The summed E-state index contributed by atoms with van der Waals surface area (Å²) in [4.78, 5) is 0. The number of hydrogen-bond acceptors (Lipinski definition) is 1. The van der Waals surface area contributed by atoms with Crippen LogP contribution in [-0.2, 0) is 4.74 Å². The molecule has 0 heterocycles. The number of terminal acetylenes is 2. The Morgan fingerprint density at radius 1 is 1.08 bits per heavy atom. The summed E-state index contributed by atoms with van der Waals surface area (Å²) >= 11 is 0. The highest BCUT2D eigenvalue weighted by Gasteiger charge is 1.83. The average molecular weight is 174 g/mol. The van der Waals surface area contributed by atoms with Crippen molar-refractivity contribution in [3.8, 4) is 24.7 Å². The first-order valence-electron chi connectivity index (χ1n) is 4.05. The molecule has 1 nitrogen and oxygen atoms in total. The predicted octanol–water partition coefficient (Wildman–Crippen LogP) is 2.16. The van der Waals surface area contributed by atoms with Gasteiger partial charge in [0.25, 0.3) is 0 Å². The first-order chi connectivity index (χ1) is 6.20. The summed E-state index contributed by atoms with van der Waals surface area (Å²) in [5.41, 5.74) is 1.77. The molecule has 0 bridgehead atoms. The van der Waals surface area contributed by atoms with Crippen LogP contribution in [0.2, 0.25) is 0 Å². The van der Waals surface area contributed by atoms with Crippen LogP contribution in [0.5, 0.6) is 0 Å². The van der Waals surface area contributed by atoms with Gasteiger partial charge in [-0.3, -0.25) is 0 Å². The Hall–Kier alpha value is -1.44. The Morgan fingerprint density at radius 2 is 1.46 bits per heavy atom. The lowest BCUT2D eigenvalue weighted by Crippen LogP contribution is -1.92. The van der Waals surface area contributed by atoms with Crippen LogP contribution in [0, 0.1) is 24.7 Å². The van der Waals surface area contributed by atoms with Gasteiger partial charge in [0.2, 0.25) is 0 Å². The maximum absolute atomic E-state index is 5.23. The van der Waals surface area contributed by atoms with Crippen LogP contribution in [0.4, 0.5) is 0 Å². The summed E-state index contributed by atoms with van der Waals surface area (Å²) in [5, 5.41) is 0. The Bertz CT molecular complexity index is 251. The Labute approximate surface area is 80.5 Å². The fraction of sp³-hybridized carbons (Fsp3) is 0.333. The lowest BCUT2D eigenvalue weighted by atomic mass is 10.3. The van der Waals surface area contributed by atoms with Gasteiger partial charge >= 0.3 is 0 Å². The molecule has 0 N–H and O–H groups in total. The van der Waals surface area contributed by atoms with Gasteiger partial charge in [-0.1, -0.05) is 11.8 Å². The van der Waals surface area contributed by atoms with E-state index in [1.54, 1.807) is 0 Å². The van der Waals surface area contributed by atoms with E-state index in [-0.39, 0.29) is 0 Å². The Balaban J connectivity index is 3.61. The molecule has 0 aromatic carbocycles. The van der Waals surface area contributed by atoms with Crippen LogP contribution in [-0.4, -0.2) is 13.2 Å². The minimum atomic E-state index is 0.532. The smallest absolute Gasteiger partial charge is 0.0663 e. The SMILES string of the molecule is C#CC(C)=CCOCC=C(C)C#C. The minimum absolute atomic E-state index is 0.532. The van der Waals surface area contributed by atoms with E-state index in [2.05, 4.69) is 11.8 Å². The van der Waals surface area contributed by atoms with Crippen molar-refractivity contribution in [1.29, 1.82) is 0 Å². The fourth-order valence-corrected chi connectivity index (χ4v) is 0.554. The van der Waals surface area contributed by atoms with Gasteiger partial charge in [-0.25, -0.2) is 0 Å². The monoisotopic (exact) mass is 174 g/mol. The van der Waals surface area contributed by atoms with Crippen molar-refractivity contribution in [2.75, 3.05) is 13.2 Å². The zero-order chi connectivity index (χ0) is 10.1. The predicted molar refractivity (Wildman–Crippen MR) is 56.0 cm³/mol. The van der Waals surface area contributed by atoms with Gasteiger partial charge in [0.1, 0.15) is 0 Å². The first-order valence-corrected chi connectivity index (χ1v) is 4.05. The van der Waals surface area contributed by atoms with Crippen molar-refractivity contribution in [2.24, 2.45) is 0 Å². The van der Waals surface area contributed by atoms with E-state index in [9.17, 15) is 0 Å². The zero-order valence-corrected chi connectivity index (χ0v) is 8.13. The van der Waals surface area contributed by atoms with E-state index in [1.165, 1.54) is 0 Å². The molecule has 0 amide bonds. The van der Waals surface area contributed by atoms with Crippen LogP contribution in [0.1, 0.15) is 13.8 Å². The van der Waals surface area contributed by atoms with Crippen molar-refractivity contribution in [3.63, 3.8) is 0 Å². The van der Waals surface area contributed by atoms with Gasteiger partial charge in [0, 0.05) is 0 Å². The van der Waals surface area contributed by atoms with Crippen LogP contribution in [0.15, 0.2) is 23.3 Å². The molecule has 0 unspecified atom stereocenters. The van der Waals surface area contributed by atoms with Gasteiger partial charge in [-0.2, -0.15) is 0 Å². The number of allylic oxidation sites excluding steroid dienone is 2. The van der Waals surface area contributed by atoms with Crippen molar-refractivity contribution in [3.05, 3.63) is 23.3 Å². The van der Waals surface area contributed by atoms with Gasteiger partial charge in [-0.05, 0) is 37.1 Å². The lowest BCUT2D eigenvalue weighted by Gasteiger charge is -1.96. The Morgan fingerprint density at radius 3 is 1.77 bits per heavy atom. The zero-order valence-electron chi connectivity index (χ0n) is 8.13. The molecule has 68 valence electrons. The highest BCUT2D eigenvalue weighted by atomic mass is 16.5. The van der Waals surface area contributed by atoms with E-state index in [0.29, 0.717) is 13.2 Å². The molecule has 0 aliphatic carbocycles.